The van der Waals surface area contributed by atoms with Crippen LogP contribution in [0.5, 0.6) is 0 Å². The van der Waals surface area contributed by atoms with Gasteiger partial charge in [-0.3, -0.25) is 0 Å². The number of alkyl halides is 6. The van der Waals surface area contributed by atoms with Crippen LogP contribution in [-0.4, -0.2) is 18.3 Å². The van der Waals surface area contributed by atoms with Crippen LogP contribution >= 0.6 is 11.3 Å². The molecule has 0 amide bonds. The van der Waals surface area contributed by atoms with Crippen LogP contribution in [0.25, 0.3) is 10.4 Å². The second kappa shape index (κ2) is 6.75. The standard InChI is InChI=1S/C19H19BF6O2S/c1-10-14(20-27-16(2,3)17(4,5)28-20)9-15(29-10)11-6-12(18(21,22)23)8-13(7-11)19(24,25)26/h6-9H,1-5H3. The average molecular weight is 436 g/mol. The van der Waals surface area contributed by atoms with E-state index in [1.807, 2.05) is 27.7 Å². The Balaban J connectivity index is 2.06. The van der Waals surface area contributed by atoms with E-state index >= 15 is 0 Å². The summed E-state index contributed by atoms with van der Waals surface area (Å²) in [5.41, 5.74) is -3.48. The predicted octanol–water partition coefficient (Wildman–Crippen LogP) is 6.06. The number of hydrogen-bond acceptors (Lipinski definition) is 3. The first-order chi connectivity index (χ1) is 13.0. The lowest BCUT2D eigenvalue weighted by atomic mass is 9.79. The molecule has 2 heterocycles. The van der Waals surface area contributed by atoms with Gasteiger partial charge >= 0.3 is 19.5 Å². The fourth-order valence-electron chi connectivity index (χ4n) is 2.94. The van der Waals surface area contributed by atoms with Crippen molar-refractivity contribution in [2.75, 3.05) is 0 Å². The minimum absolute atomic E-state index is 0.124. The van der Waals surface area contributed by atoms with Gasteiger partial charge < -0.3 is 9.31 Å². The highest BCUT2D eigenvalue weighted by atomic mass is 32.1. The lowest BCUT2D eigenvalue weighted by Crippen LogP contribution is -2.41. The maximum atomic E-state index is 13.1. The Morgan fingerprint density at radius 2 is 1.24 bits per heavy atom. The van der Waals surface area contributed by atoms with Crippen molar-refractivity contribution in [1.82, 2.24) is 0 Å². The van der Waals surface area contributed by atoms with Crippen molar-refractivity contribution in [1.29, 1.82) is 0 Å². The molecule has 2 aromatic rings. The largest absolute Gasteiger partial charge is 0.495 e. The molecule has 0 bridgehead atoms. The number of thiophene rings is 1. The molecule has 1 saturated heterocycles. The van der Waals surface area contributed by atoms with Crippen molar-refractivity contribution in [2.45, 2.75) is 58.2 Å². The highest BCUT2D eigenvalue weighted by Crippen LogP contribution is 2.41. The summed E-state index contributed by atoms with van der Waals surface area (Å²) < 4.78 is 90.8. The van der Waals surface area contributed by atoms with E-state index in [1.54, 1.807) is 6.92 Å². The fourth-order valence-corrected chi connectivity index (χ4v) is 3.96. The third kappa shape index (κ3) is 4.20. The molecule has 0 N–H and O–H groups in total. The molecular weight excluding hydrogens is 417 g/mol. The van der Waals surface area contributed by atoms with Crippen LogP contribution in [0, 0.1) is 6.92 Å². The van der Waals surface area contributed by atoms with Gasteiger partial charge in [0.1, 0.15) is 0 Å². The Labute approximate surface area is 169 Å². The monoisotopic (exact) mass is 436 g/mol. The zero-order valence-electron chi connectivity index (χ0n) is 16.4. The Kier molecular flexibility index (Phi) is 5.16. The van der Waals surface area contributed by atoms with Crippen molar-refractivity contribution in [3.05, 3.63) is 40.3 Å². The highest BCUT2D eigenvalue weighted by Gasteiger charge is 2.52. The maximum absolute atomic E-state index is 13.1. The van der Waals surface area contributed by atoms with Crippen molar-refractivity contribution in [3.8, 4) is 10.4 Å². The summed E-state index contributed by atoms with van der Waals surface area (Å²) in [6, 6.07) is 3.12. The van der Waals surface area contributed by atoms with E-state index < -0.39 is 41.8 Å². The molecule has 1 fully saturated rings. The quantitative estimate of drug-likeness (QED) is 0.421. The third-order valence-corrected chi connectivity index (χ3v) is 6.45. The first-order valence-electron chi connectivity index (χ1n) is 8.77. The number of rotatable bonds is 2. The van der Waals surface area contributed by atoms with Gasteiger partial charge in [0.15, 0.2) is 0 Å². The zero-order valence-corrected chi connectivity index (χ0v) is 17.2. The summed E-state index contributed by atoms with van der Waals surface area (Å²) in [7, 11) is -0.752. The Hall–Kier alpha value is -1.52. The van der Waals surface area contributed by atoms with Crippen molar-refractivity contribution < 1.29 is 35.7 Å². The molecule has 29 heavy (non-hydrogen) atoms. The fraction of sp³-hybridized carbons (Fsp3) is 0.474. The molecule has 0 spiro atoms. The van der Waals surface area contributed by atoms with E-state index in [2.05, 4.69) is 0 Å². The van der Waals surface area contributed by atoms with Crippen LogP contribution in [0.1, 0.15) is 43.7 Å². The molecule has 1 aromatic carbocycles. The molecule has 3 rings (SSSR count). The molecule has 10 heteroatoms. The first kappa shape index (κ1) is 22.2. The average Bonchev–Trinajstić information content (AvgIpc) is 3.02. The lowest BCUT2D eigenvalue weighted by Gasteiger charge is -2.32. The minimum atomic E-state index is -4.89. The smallest absolute Gasteiger partial charge is 0.399 e. The molecule has 1 aromatic heterocycles. The molecule has 0 radical (unpaired) electrons. The van der Waals surface area contributed by atoms with E-state index in [0.29, 0.717) is 10.3 Å². The summed E-state index contributed by atoms with van der Waals surface area (Å²) in [6.45, 7) is 9.17. The van der Waals surface area contributed by atoms with Crippen molar-refractivity contribution in [2.24, 2.45) is 0 Å². The predicted molar refractivity (Wildman–Crippen MR) is 100 cm³/mol. The van der Waals surface area contributed by atoms with E-state index in [4.69, 9.17) is 9.31 Å². The summed E-state index contributed by atoms with van der Waals surface area (Å²) in [4.78, 5) is 0.980. The molecule has 0 aliphatic carbocycles. The summed E-state index contributed by atoms with van der Waals surface area (Å²) in [5, 5.41) is 0. The molecule has 1 aliphatic heterocycles. The van der Waals surface area contributed by atoms with Crippen LogP contribution in [0.4, 0.5) is 26.3 Å². The summed E-state index contributed by atoms with van der Waals surface area (Å²) in [5.74, 6) is 0. The summed E-state index contributed by atoms with van der Waals surface area (Å²) in [6.07, 6.45) is -9.78. The molecular formula is C19H19BF6O2S. The minimum Gasteiger partial charge on any atom is -0.399 e. The van der Waals surface area contributed by atoms with Gasteiger partial charge in [-0.15, -0.1) is 11.3 Å². The van der Waals surface area contributed by atoms with Crippen molar-refractivity contribution >= 4 is 23.9 Å². The maximum Gasteiger partial charge on any atom is 0.495 e. The van der Waals surface area contributed by atoms with Crippen molar-refractivity contribution in [3.63, 3.8) is 0 Å². The van der Waals surface area contributed by atoms with Gasteiger partial charge in [-0.05, 0) is 69.9 Å². The van der Waals surface area contributed by atoms with Crippen LogP contribution in [0.2, 0.25) is 0 Å². The second-order valence-electron chi connectivity index (χ2n) is 8.00. The van der Waals surface area contributed by atoms with Crippen LogP contribution in [-0.2, 0) is 21.7 Å². The van der Waals surface area contributed by atoms with Gasteiger partial charge in [0.05, 0.1) is 22.3 Å². The van der Waals surface area contributed by atoms with Gasteiger partial charge in [0, 0.05) is 9.75 Å². The topological polar surface area (TPSA) is 18.5 Å². The van der Waals surface area contributed by atoms with Crippen LogP contribution in [0.15, 0.2) is 24.3 Å². The molecule has 0 unspecified atom stereocenters. The van der Waals surface area contributed by atoms with E-state index in [0.717, 1.165) is 23.5 Å². The van der Waals surface area contributed by atoms with Crippen LogP contribution < -0.4 is 5.46 Å². The van der Waals surface area contributed by atoms with Gasteiger partial charge in [-0.2, -0.15) is 26.3 Å². The Morgan fingerprint density at radius 1 is 0.793 bits per heavy atom. The highest BCUT2D eigenvalue weighted by molar-refractivity contribution is 7.16. The van der Waals surface area contributed by atoms with Gasteiger partial charge in [0.25, 0.3) is 0 Å². The van der Waals surface area contributed by atoms with E-state index in [9.17, 15) is 26.3 Å². The SMILES string of the molecule is Cc1sc(-c2cc(C(F)(F)F)cc(C(F)(F)F)c2)cc1B1OC(C)(C)C(C)(C)O1. The third-order valence-electron chi connectivity index (χ3n) is 5.34. The molecule has 0 atom stereocenters. The molecule has 2 nitrogen and oxygen atoms in total. The number of halogens is 6. The lowest BCUT2D eigenvalue weighted by molar-refractivity contribution is -0.143. The van der Waals surface area contributed by atoms with Crippen LogP contribution in [0.3, 0.4) is 0 Å². The number of benzene rings is 1. The zero-order chi connectivity index (χ0) is 22.0. The Bertz CT molecular complexity index is 882. The molecule has 158 valence electrons. The number of aryl methyl sites for hydroxylation is 1. The summed E-state index contributed by atoms with van der Waals surface area (Å²) >= 11 is 1.10. The normalized spacial score (nSPS) is 19.1. The van der Waals surface area contributed by atoms with Gasteiger partial charge in [-0.1, -0.05) is 0 Å². The molecule has 0 saturated carbocycles. The van der Waals surface area contributed by atoms with Gasteiger partial charge in [-0.25, -0.2) is 0 Å². The molecule has 1 aliphatic rings. The second-order valence-corrected chi connectivity index (χ2v) is 9.26. The van der Waals surface area contributed by atoms with Gasteiger partial charge in [0.2, 0.25) is 0 Å². The Morgan fingerprint density at radius 3 is 1.66 bits per heavy atom. The van der Waals surface area contributed by atoms with E-state index in [1.165, 1.54) is 6.07 Å². The van der Waals surface area contributed by atoms with E-state index in [-0.39, 0.29) is 16.5 Å². The first-order valence-corrected chi connectivity index (χ1v) is 9.59. The number of hydrogen-bond donors (Lipinski definition) is 0.